The summed E-state index contributed by atoms with van der Waals surface area (Å²) in [7, 11) is 0. The van der Waals surface area contributed by atoms with E-state index in [0.717, 1.165) is 11.1 Å². The molecule has 0 unspecified atom stereocenters. The van der Waals surface area contributed by atoms with Gasteiger partial charge in [-0.25, -0.2) is 4.98 Å². The van der Waals surface area contributed by atoms with Gasteiger partial charge in [0, 0.05) is 18.3 Å². The quantitative estimate of drug-likeness (QED) is 0.814. The van der Waals surface area contributed by atoms with Gasteiger partial charge in [0.25, 0.3) is 5.91 Å². The number of aryl methyl sites for hydroxylation is 2. The van der Waals surface area contributed by atoms with Gasteiger partial charge in [0.1, 0.15) is 5.75 Å². The summed E-state index contributed by atoms with van der Waals surface area (Å²) in [6.45, 7) is 2.24. The van der Waals surface area contributed by atoms with Gasteiger partial charge in [-0.05, 0) is 43.2 Å². The molecule has 140 valence electrons. The van der Waals surface area contributed by atoms with Crippen molar-refractivity contribution < 1.29 is 27.4 Å². The maximum atomic E-state index is 12.3. The van der Waals surface area contributed by atoms with E-state index in [1.165, 1.54) is 12.3 Å². The third kappa shape index (κ3) is 6.27. The predicted octanol–water partition coefficient (Wildman–Crippen LogP) is 3.33. The number of hydrogen-bond donors (Lipinski definition) is 1. The Morgan fingerprint density at radius 1 is 1.15 bits per heavy atom. The summed E-state index contributed by atoms with van der Waals surface area (Å²) in [4.78, 5) is 15.7. The molecule has 0 spiro atoms. The number of amides is 1. The number of pyridine rings is 1. The zero-order valence-corrected chi connectivity index (χ0v) is 14.4. The third-order valence-corrected chi connectivity index (χ3v) is 3.55. The highest BCUT2D eigenvalue weighted by atomic mass is 19.4. The normalized spacial score (nSPS) is 11.1. The predicted molar refractivity (Wildman–Crippen MR) is 89.0 cm³/mol. The second-order valence-corrected chi connectivity index (χ2v) is 5.68. The van der Waals surface area contributed by atoms with Gasteiger partial charge in [-0.3, -0.25) is 4.79 Å². The SMILES string of the molecule is Cc1ccc(OCC(=O)NCc2cccnc2OCC(F)(F)F)cc1C. The first-order chi connectivity index (χ1) is 12.2. The van der Waals surface area contributed by atoms with Crippen LogP contribution in [0.15, 0.2) is 36.5 Å². The van der Waals surface area contributed by atoms with Gasteiger partial charge < -0.3 is 14.8 Å². The average Bonchev–Trinajstić information content (AvgIpc) is 2.59. The lowest BCUT2D eigenvalue weighted by molar-refractivity contribution is -0.154. The molecule has 8 heteroatoms. The van der Waals surface area contributed by atoms with Crippen molar-refractivity contribution in [3.8, 4) is 11.6 Å². The van der Waals surface area contributed by atoms with Crippen molar-refractivity contribution in [1.82, 2.24) is 10.3 Å². The molecule has 0 bridgehead atoms. The zero-order valence-electron chi connectivity index (χ0n) is 14.4. The molecule has 0 atom stereocenters. The molecule has 1 aromatic heterocycles. The Morgan fingerprint density at radius 2 is 1.92 bits per heavy atom. The van der Waals surface area contributed by atoms with Crippen molar-refractivity contribution in [2.75, 3.05) is 13.2 Å². The molecule has 0 aliphatic heterocycles. The van der Waals surface area contributed by atoms with Crippen molar-refractivity contribution in [2.24, 2.45) is 0 Å². The van der Waals surface area contributed by atoms with E-state index in [1.54, 1.807) is 12.1 Å². The van der Waals surface area contributed by atoms with E-state index >= 15 is 0 Å². The van der Waals surface area contributed by atoms with Crippen molar-refractivity contribution in [1.29, 1.82) is 0 Å². The lowest BCUT2D eigenvalue weighted by Crippen LogP contribution is -2.29. The van der Waals surface area contributed by atoms with Crippen LogP contribution in [0.1, 0.15) is 16.7 Å². The van der Waals surface area contributed by atoms with E-state index in [4.69, 9.17) is 4.74 Å². The van der Waals surface area contributed by atoms with Crippen molar-refractivity contribution in [3.05, 3.63) is 53.2 Å². The number of carbonyl (C=O) groups is 1. The summed E-state index contributed by atoms with van der Waals surface area (Å²) in [6, 6.07) is 8.56. The van der Waals surface area contributed by atoms with Crippen LogP contribution in [0.3, 0.4) is 0 Å². The molecule has 2 rings (SSSR count). The molecule has 0 saturated heterocycles. The Hall–Kier alpha value is -2.77. The van der Waals surface area contributed by atoms with Crippen LogP contribution in [0.25, 0.3) is 0 Å². The van der Waals surface area contributed by atoms with Crippen LogP contribution < -0.4 is 14.8 Å². The molecular weight excluding hydrogens is 349 g/mol. The number of alkyl halides is 3. The number of hydrogen-bond acceptors (Lipinski definition) is 4. The molecule has 5 nitrogen and oxygen atoms in total. The van der Waals surface area contributed by atoms with Crippen LogP contribution in [-0.2, 0) is 11.3 Å². The summed E-state index contributed by atoms with van der Waals surface area (Å²) < 4.78 is 46.9. The van der Waals surface area contributed by atoms with Crippen LogP contribution in [0.2, 0.25) is 0 Å². The second-order valence-electron chi connectivity index (χ2n) is 5.68. The van der Waals surface area contributed by atoms with E-state index in [2.05, 4.69) is 15.0 Å². The number of carbonyl (C=O) groups excluding carboxylic acids is 1. The van der Waals surface area contributed by atoms with E-state index in [9.17, 15) is 18.0 Å². The molecule has 0 fully saturated rings. The summed E-state index contributed by atoms with van der Waals surface area (Å²) in [5.74, 6) is -0.00659. The lowest BCUT2D eigenvalue weighted by Gasteiger charge is -2.13. The number of nitrogens with zero attached hydrogens (tertiary/aromatic N) is 1. The van der Waals surface area contributed by atoms with E-state index in [0.29, 0.717) is 11.3 Å². The number of rotatable bonds is 7. The number of nitrogens with one attached hydrogen (secondary N) is 1. The minimum absolute atomic E-state index is 0.0177. The highest BCUT2D eigenvalue weighted by Gasteiger charge is 2.29. The van der Waals surface area contributed by atoms with E-state index in [-0.39, 0.29) is 19.0 Å². The Kier molecular flexibility index (Phi) is 6.43. The molecule has 26 heavy (non-hydrogen) atoms. The van der Waals surface area contributed by atoms with Crippen molar-refractivity contribution in [2.45, 2.75) is 26.6 Å². The monoisotopic (exact) mass is 368 g/mol. The van der Waals surface area contributed by atoms with E-state index in [1.807, 2.05) is 26.0 Å². The van der Waals surface area contributed by atoms with Crippen molar-refractivity contribution in [3.63, 3.8) is 0 Å². The van der Waals surface area contributed by atoms with Gasteiger partial charge in [-0.15, -0.1) is 0 Å². The first-order valence-corrected chi connectivity index (χ1v) is 7.85. The molecule has 2 aromatic rings. The summed E-state index contributed by atoms with van der Waals surface area (Å²) in [5, 5.41) is 2.57. The first-order valence-electron chi connectivity index (χ1n) is 7.85. The number of aromatic nitrogens is 1. The van der Waals surface area contributed by atoms with E-state index < -0.39 is 18.7 Å². The van der Waals surface area contributed by atoms with Gasteiger partial charge in [-0.1, -0.05) is 12.1 Å². The highest BCUT2D eigenvalue weighted by molar-refractivity contribution is 5.77. The largest absolute Gasteiger partial charge is 0.484 e. The fraction of sp³-hybridized carbons (Fsp3) is 0.333. The third-order valence-electron chi connectivity index (χ3n) is 3.55. The fourth-order valence-corrected chi connectivity index (χ4v) is 2.04. The van der Waals surface area contributed by atoms with Crippen LogP contribution in [0.4, 0.5) is 13.2 Å². The van der Waals surface area contributed by atoms with Gasteiger partial charge in [0.15, 0.2) is 13.2 Å². The number of ether oxygens (including phenoxy) is 2. The molecule has 1 amide bonds. The summed E-state index contributed by atoms with van der Waals surface area (Å²) in [6.07, 6.45) is -3.14. The Labute approximate surface area is 149 Å². The fourth-order valence-electron chi connectivity index (χ4n) is 2.04. The van der Waals surface area contributed by atoms with Crippen LogP contribution >= 0.6 is 0 Å². The molecule has 1 aromatic carbocycles. The Bertz CT molecular complexity index is 764. The lowest BCUT2D eigenvalue weighted by atomic mass is 10.1. The molecule has 0 radical (unpaired) electrons. The Balaban J connectivity index is 1.86. The minimum atomic E-state index is -4.46. The average molecular weight is 368 g/mol. The molecule has 0 saturated carbocycles. The molecule has 1 heterocycles. The molecule has 0 aliphatic rings. The zero-order chi connectivity index (χ0) is 19.2. The standard InChI is InChI=1S/C18H19F3N2O3/c1-12-5-6-15(8-13(12)2)25-10-16(24)23-9-14-4-3-7-22-17(14)26-11-18(19,20)21/h3-8H,9-11H2,1-2H3,(H,23,24). The molecular formula is C18H19F3N2O3. The minimum Gasteiger partial charge on any atom is -0.484 e. The topological polar surface area (TPSA) is 60.5 Å². The smallest absolute Gasteiger partial charge is 0.422 e. The van der Waals surface area contributed by atoms with Crippen LogP contribution in [0, 0.1) is 13.8 Å². The van der Waals surface area contributed by atoms with Gasteiger partial charge in [-0.2, -0.15) is 13.2 Å². The molecule has 0 aliphatic carbocycles. The van der Waals surface area contributed by atoms with Gasteiger partial charge in [0.2, 0.25) is 5.88 Å². The number of benzene rings is 1. The first kappa shape index (κ1) is 19.6. The van der Waals surface area contributed by atoms with Crippen LogP contribution in [-0.4, -0.2) is 30.3 Å². The maximum absolute atomic E-state index is 12.3. The maximum Gasteiger partial charge on any atom is 0.422 e. The second kappa shape index (κ2) is 8.55. The summed E-state index contributed by atoms with van der Waals surface area (Å²) in [5.41, 5.74) is 2.51. The summed E-state index contributed by atoms with van der Waals surface area (Å²) >= 11 is 0. The van der Waals surface area contributed by atoms with Gasteiger partial charge in [0.05, 0.1) is 0 Å². The van der Waals surface area contributed by atoms with Crippen molar-refractivity contribution >= 4 is 5.91 Å². The van der Waals surface area contributed by atoms with Gasteiger partial charge >= 0.3 is 6.18 Å². The van der Waals surface area contributed by atoms with Crippen LogP contribution in [0.5, 0.6) is 11.6 Å². The Morgan fingerprint density at radius 3 is 2.62 bits per heavy atom. The highest BCUT2D eigenvalue weighted by Crippen LogP contribution is 2.20. The number of halogens is 3. The molecule has 1 N–H and O–H groups in total.